The van der Waals surface area contributed by atoms with Crippen molar-refractivity contribution in [3.8, 4) is 17.6 Å². The van der Waals surface area contributed by atoms with Gasteiger partial charge in [0.1, 0.15) is 5.82 Å². The minimum Gasteiger partial charge on any atom is -0.493 e. The number of nitrogens with zero attached hydrogens (tertiary/aromatic N) is 2. The molecule has 1 aromatic carbocycles. The number of allylic oxidation sites excluding steroid dienone is 1. The highest BCUT2D eigenvalue weighted by Gasteiger charge is 2.47. The van der Waals surface area contributed by atoms with E-state index in [-0.39, 0.29) is 22.9 Å². The number of thioether (sulfide) groups is 1. The Morgan fingerprint density at radius 2 is 1.93 bits per heavy atom. The number of nitrogens with two attached hydrogens (primary N) is 1. The first-order chi connectivity index (χ1) is 13.4. The number of esters is 1. The molecule has 0 unspecified atom stereocenters. The Bertz CT molecular complexity index is 963. The summed E-state index contributed by atoms with van der Waals surface area (Å²) in [6, 6.07) is 7.15. The molecule has 0 aromatic heterocycles. The Hall–Kier alpha value is -3.12. The normalized spacial score (nSPS) is 21.4. The van der Waals surface area contributed by atoms with Crippen molar-refractivity contribution in [2.24, 2.45) is 5.73 Å². The van der Waals surface area contributed by atoms with Gasteiger partial charge in [0.25, 0.3) is 0 Å². The average molecular weight is 401 g/mol. The third-order valence-electron chi connectivity index (χ3n) is 4.65. The van der Waals surface area contributed by atoms with Gasteiger partial charge in [-0.3, -0.25) is 9.69 Å². The number of ether oxygens (including phenoxy) is 3. The topological polar surface area (TPSA) is 115 Å². The zero-order chi connectivity index (χ0) is 20.6. The Morgan fingerprint density at radius 3 is 2.50 bits per heavy atom. The summed E-state index contributed by atoms with van der Waals surface area (Å²) >= 11 is 1.22. The maximum absolute atomic E-state index is 12.7. The molecule has 2 N–H and O–H groups in total. The van der Waals surface area contributed by atoms with Crippen LogP contribution in [0.15, 0.2) is 40.2 Å². The van der Waals surface area contributed by atoms with E-state index in [1.165, 1.54) is 38.0 Å². The summed E-state index contributed by atoms with van der Waals surface area (Å²) in [7, 11) is 4.26. The number of hydrogen-bond donors (Lipinski definition) is 1. The molecule has 1 amide bonds. The third-order valence-corrected chi connectivity index (χ3v) is 5.83. The van der Waals surface area contributed by atoms with Gasteiger partial charge in [0.05, 0.1) is 54.7 Å². The van der Waals surface area contributed by atoms with Crippen LogP contribution in [0.1, 0.15) is 18.4 Å². The van der Waals surface area contributed by atoms with Crippen molar-refractivity contribution < 1.29 is 23.8 Å². The minimum absolute atomic E-state index is 0.0202. The number of carbonyl (C=O) groups excluding carboxylic acids is 2. The van der Waals surface area contributed by atoms with Gasteiger partial charge in [-0.1, -0.05) is 17.8 Å². The molecule has 3 rings (SSSR count). The Morgan fingerprint density at radius 1 is 1.25 bits per heavy atom. The van der Waals surface area contributed by atoms with Crippen molar-refractivity contribution in [1.29, 1.82) is 5.26 Å². The minimum atomic E-state index is -0.797. The fourth-order valence-electron chi connectivity index (χ4n) is 3.30. The lowest BCUT2D eigenvalue weighted by molar-refractivity contribution is -0.136. The first-order valence-electron chi connectivity index (χ1n) is 8.34. The predicted molar refractivity (Wildman–Crippen MR) is 102 cm³/mol. The van der Waals surface area contributed by atoms with Crippen LogP contribution in [-0.4, -0.2) is 43.4 Å². The molecule has 0 bridgehead atoms. The lowest BCUT2D eigenvalue weighted by atomic mass is 9.83. The molecular weight excluding hydrogens is 382 g/mol. The summed E-state index contributed by atoms with van der Waals surface area (Å²) in [4.78, 5) is 26.5. The molecule has 28 heavy (non-hydrogen) atoms. The van der Waals surface area contributed by atoms with Crippen molar-refractivity contribution in [2.75, 3.05) is 21.3 Å². The first-order valence-corrected chi connectivity index (χ1v) is 9.22. The molecule has 1 aromatic rings. The van der Waals surface area contributed by atoms with Crippen LogP contribution in [0.25, 0.3) is 0 Å². The van der Waals surface area contributed by atoms with Crippen molar-refractivity contribution in [1.82, 2.24) is 4.90 Å². The van der Waals surface area contributed by atoms with Crippen LogP contribution in [0, 0.1) is 11.3 Å². The molecule has 1 saturated heterocycles. The van der Waals surface area contributed by atoms with Gasteiger partial charge < -0.3 is 19.9 Å². The van der Waals surface area contributed by atoms with Crippen LogP contribution < -0.4 is 15.2 Å². The second-order valence-electron chi connectivity index (χ2n) is 6.10. The van der Waals surface area contributed by atoms with Gasteiger partial charge >= 0.3 is 5.97 Å². The number of carbonyl (C=O) groups is 2. The second-order valence-corrected chi connectivity index (χ2v) is 7.43. The van der Waals surface area contributed by atoms with E-state index in [0.29, 0.717) is 22.1 Å². The molecular formula is C19H19N3O5S. The maximum atomic E-state index is 12.7. The highest BCUT2D eigenvalue weighted by atomic mass is 32.2. The number of hydrogen-bond acceptors (Lipinski definition) is 8. The SMILES string of the molecule is COC(=O)C1=C2S[C@H](C)C(=O)N2C(N)=C(C#N)[C@H]1c1ccc(OC)c(OC)c1. The molecule has 1 fully saturated rings. The van der Waals surface area contributed by atoms with E-state index < -0.39 is 17.1 Å². The van der Waals surface area contributed by atoms with Crippen LogP contribution >= 0.6 is 11.8 Å². The molecule has 0 spiro atoms. The number of amides is 1. The number of methoxy groups -OCH3 is 3. The second kappa shape index (κ2) is 7.48. The molecule has 8 nitrogen and oxygen atoms in total. The summed E-state index contributed by atoms with van der Waals surface area (Å²) in [5.74, 6) is -0.741. The average Bonchev–Trinajstić information content (AvgIpc) is 3.01. The Kier molecular flexibility index (Phi) is 5.25. The summed E-state index contributed by atoms with van der Waals surface area (Å²) in [6.45, 7) is 1.72. The highest BCUT2D eigenvalue weighted by Crippen LogP contribution is 2.50. The monoisotopic (exact) mass is 401 g/mol. The van der Waals surface area contributed by atoms with E-state index in [9.17, 15) is 14.9 Å². The number of fused-ring (bicyclic) bond motifs is 1. The smallest absolute Gasteiger partial charge is 0.337 e. The van der Waals surface area contributed by atoms with E-state index in [1.54, 1.807) is 25.1 Å². The van der Waals surface area contributed by atoms with Crippen LogP contribution in [-0.2, 0) is 14.3 Å². The maximum Gasteiger partial charge on any atom is 0.337 e. The third kappa shape index (κ3) is 2.86. The number of benzene rings is 1. The molecule has 0 aliphatic carbocycles. The van der Waals surface area contributed by atoms with Crippen molar-refractivity contribution in [2.45, 2.75) is 18.1 Å². The fraction of sp³-hybridized carbons (Fsp3) is 0.316. The fourth-order valence-corrected chi connectivity index (χ4v) is 4.47. The van der Waals surface area contributed by atoms with Crippen LogP contribution in [0.5, 0.6) is 11.5 Å². The summed E-state index contributed by atoms with van der Waals surface area (Å²) in [6.07, 6.45) is 0. The standard InChI is InChI=1S/C19H19N3O5S/c1-9-17(23)22-16(21)11(8-20)14(15(18(22)28-9)19(24)27-4)10-5-6-12(25-2)13(7-10)26-3/h5-7,9,14H,21H2,1-4H3/t9-,14-/m1/s1. The van der Waals surface area contributed by atoms with Gasteiger partial charge in [0.15, 0.2) is 11.5 Å². The molecule has 2 aliphatic rings. The molecule has 2 atom stereocenters. The zero-order valence-electron chi connectivity index (χ0n) is 15.8. The van der Waals surface area contributed by atoms with Gasteiger partial charge in [-0.2, -0.15) is 5.26 Å². The zero-order valence-corrected chi connectivity index (χ0v) is 16.6. The quantitative estimate of drug-likeness (QED) is 0.760. The van der Waals surface area contributed by atoms with Crippen molar-refractivity contribution >= 4 is 23.6 Å². The summed E-state index contributed by atoms with van der Waals surface area (Å²) < 4.78 is 15.6. The number of nitriles is 1. The van der Waals surface area contributed by atoms with E-state index >= 15 is 0 Å². The lowest BCUT2D eigenvalue weighted by Crippen LogP contribution is -2.37. The highest BCUT2D eigenvalue weighted by molar-refractivity contribution is 8.04. The molecule has 2 aliphatic heterocycles. The van der Waals surface area contributed by atoms with Crippen molar-refractivity contribution in [3.05, 3.63) is 45.8 Å². The summed E-state index contributed by atoms with van der Waals surface area (Å²) in [5, 5.41) is 9.76. The molecule has 146 valence electrons. The molecule has 2 heterocycles. The molecule has 0 radical (unpaired) electrons. The molecule has 0 saturated carbocycles. The van der Waals surface area contributed by atoms with Crippen molar-refractivity contribution in [3.63, 3.8) is 0 Å². The van der Waals surface area contributed by atoms with Crippen LogP contribution in [0.3, 0.4) is 0 Å². The largest absolute Gasteiger partial charge is 0.493 e. The van der Waals surface area contributed by atoms with Gasteiger partial charge in [-0.15, -0.1) is 0 Å². The Labute approximate surface area is 166 Å². The van der Waals surface area contributed by atoms with Gasteiger partial charge in [0, 0.05) is 0 Å². The van der Waals surface area contributed by atoms with E-state index in [1.807, 2.05) is 0 Å². The Balaban J connectivity index is 2.28. The van der Waals surface area contributed by atoms with Crippen LogP contribution in [0.4, 0.5) is 0 Å². The van der Waals surface area contributed by atoms with Gasteiger partial charge in [0.2, 0.25) is 5.91 Å². The lowest BCUT2D eigenvalue weighted by Gasteiger charge is -2.31. The van der Waals surface area contributed by atoms with Crippen LogP contribution in [0.2, 0.25) is 0 Å². The molecule has 9 heteroatoms. The van der Waals surface area contributed by atoms with E-state index in [2.05, 4.69) is 6.07 Å². The van der Waals surface area contributed by atoms with E-state index in [0.717, 1.165) is 0 Å². The van der Waals surface area contributed by atoms with Gasteiger partial charge in [-0.25, -0.2) is 4.79 Å². The van der Waals surface area contributed by atoms with E-state index in [4.69, 9.17) is 19.9 Å². The summed E-state index contributed by atoms with van der Waals surface area (Å²) in [5.41, 5.74) is 7.08. The van der Waals surface area contributed by atoms with Gasteiger partial charge in [-0.05, 0) is 24.6 Å². The number of rotatable bonds is 4. The first kappa shape index (κ1) is 19.6. The predicted octanol–water partition coefficient (Wildman–Crippen LogP) is 1.84.